The van der Waals surface area contributed by atoms with Crippen LogP contribution in [0.1, 0.15) is 16.7 Å². The van der Waals surface area contributed by atoms with Crippen LogP contribution in [0.4, 0.5) is 17.6 Å². The van der Waals surface area contributed by atoms with Crippen LogP contribution in [-0.4, -0.2) is 23.5 Å². The van der Waals surface area contributed by atoms with E-state index in [0.29, 0.717) is 19.2 Å². The van der Waals surface area contributed by atoms with Crippen LogP contribution >= 0.6 is 12.4 Å². The number of halogens is 5. The second-order valence-electron chi connectivity index (χ2n) is 6.19. The number of rotatable bonds is 5. The second kappa shape index (κ2) is 8.59. The van der Waals surface area contributed by atoms with E-state index in [2.05, 4.69) is 4.98 Å². The number of H-pyrrole nitrogens is 1. The first kappa shape index (κ1) is 21.0. The van der Waals surface area contributed by atoms with Crippen LogP contribution in [0.2, 0.25) is 0 Å². The van der Waals surface area contributed by atoms with Gasteiger partial charge in [0.05, 0.1) is 5.56 Å². The number of para-hydroxylation sites is 1. The Morgan fingerprint density at radius 1 is 1.11 bits per heavy atom. The van der Waals surface area contributed by atoms with Gasteiger partial charge in [0.1, 0.15) is 5.82 Å². The summed E-state index contributed by atoms with van der Waals surface area (Å²) in [4.78, 5) is 5.25. The fourth-order valence-corrected chi connectivity index (χ4v) is 2.84. The molecule has 7 heteroatoms. The van der Waals surface area contributed by atoms with Crippen LogP contribution in [0.5, 0.6) is 0 Å². The topological polar surface area (TPSA) is 19.0 Å². The predicted molar refractivity (Wildman–Crippen MR) is 102 cm³/mol. The van der Waals surface area contributed by atoms with Crippen molar-refractivity contribution in [2.45, 2.75) is 12.7 Å². The Morgan fingerprint density at radius 3 is 2.59 bits per heavy atom. The first-order chi connectivity index (χ1) is 12.3. The monoisotopic (exact) mass is 398 g/mol. The van der Waals surface area contributed by atoms with Gasteiger partial charge in [-0.25, -0.2) is 4.39 Å². The van der Waals surface area contributed by atoms with Crippen LogP contribution < -0.4 is 0 Å². The standard InChI is InChI=1S/C20H18F4N2.ClH/c1-26(13-16-5-2-4-15-9-10-25-19(15)16)11-3-6-14-7-8-17(12-18(14)21)20(22,23)24;/h2-10,12,25H,11,13H2,1H3;1H/b6-3+;. The van der Waals surface area contributed by atoms with Gasteiger partial charge in [0.15, 0.2) is 0 Å². The highest BCUT2D eigenvalue weighted by atomic mass is 35.5. The molecule has 3 aromatic rings. The van der Waals surface area contributed by atoms with Crippen LogP contribution in [0, 0.1) is 5.82 Å². The smallest absolute Gasteiger partial charge is 0.361 e. The molecule has 0 bridgehead atoms. The molecular weight excluding hydrogens is 380 g/mol. The highest BCUT2D eigenvalue weighted by molar-refractivity contribution is 5.85. The van der Waals surface area contributed by atoms with Gasteiger partial charge in [0.25, 0.3) is 0 Å². The highest BCUT2D eigenvalue weighted by Gasteiger charge is 2.30. The third-order valence-corrected chi connectivity index (χ3v) is 4.16. The Kier molecular flexibility index (Phi) is 6.68. The Hall–Kier alpha value is -2.31. The number of hydrogen-bond donors (Lipinski definition) is 1. The third kappa shape index (κ3) is 5.11. The van der Waals surface area contributed by atoms with Crippen LogP contribution in [-0.2, 0) is 12.7 Å². The zero-order chi connectivity index (χ0) is 18.7. The summed E-state index contributed by atoms with van der Waals surface area (Å²) in [6, 6.07) is 10.6. The summed E-state index contributed by atoms with van der Waals surface area (Å²) in [5.41, 5.74) is 1.38. The van der Waals surface area contributed by atoms with Crippen molar-refractivity contribution in [2.75, 3.05) is 13.6 Å². The van der Waals surface area contributed by atoms with E-state index in [1.165, 1.54) is 6.08 Å². The molecule has 0 unspecified atom stereocenters. The summed E-state index contributed by atoms with van der Waals surface area (Å²) in [5.74, 6) is -0.880. The molecule has 0 atom stereocenters. The minimum atomic E-state index is -4.54. The van der Waals surface area contributed by atoms with Crippen molar-refractivity contribution in [3.63, 3.8) is 0 Å². The van der Waals surface area contributed by atoms with Crippen molar-refractivity contribution in [1.29, 1.82) is 0 Å². The molecule has 0 spiro atoms. The fraction of sp³-hybridized carbons (Fsp3) is 0.200. The fourth-order valence-electron chi connectivity index (χ4n) is 2.84. The largest absolute Gasteiger partial charge is 0.416 e. The lowest BCUT2D eigenvalue weighted by molar-refractivity contribution is -0.137. The molecule has 1 N–H and O–H groups in total. The normalized spacial score (nSPS) is 12.1. The predicted octanol–water partition coefficient (Wildman–Crippen LogP) is 5.89. The van der Waals surface area contributed by atoms with Crippen molar-refractivity contribution in [2.24, 2.45) is 0 Å². The van der Waals surface area contributed by atoms with Crippen molar-refractivity contribution in [1.82, 2.24) is 9.88 Å². The maximum absolute atomic E-state index is 13.8. The Labute approximate surface area is 160 Å². The molecule has 0 aliphatic carbocycles. The summed E-state index contributed by atoms with van der Waals surface area (Å²) < 4.78 is 51.5. The van der Waals surface area contributed by atoms with Crippen molar-refractivity contribution >= 4 is 29.4 Å². The number of hydrogen-bond acceptors (Lipinski definition) is 1. The molecule has 1 aromatic heterocycles. The average Bonchev–Trinajstić information content (AvgIpc) is 3.05. The van der Waals surface area contributed by atoms with Gasteiger partial charge in [-0.2, -0.15) is 13.2 Å². The molecule has 0 saturated heterocycles. The van der Waals surface area contributed by atoms with E-state index in [-0.39, 0.29) is 18.0 Å². The Balaban J connectivity index is 0.00000261. The number of nitrogens with zero attached hydrogens (tertiary/aromatic N) is 1. The minimum Gasteiger partial charge on any atom is -0.361 e. The van der Waals surface area contributed by atoms with Crippen molar-refractivity contribution in [3.05, 3.63) is 77.2 Å². The minimum absolute atomic E-state index is 0. The summed E-state index contributed by atoms with van der Waals surface area (Å²) in [6.07, 6.45) is 0.589. The number of fused-ring (bicyclic) bond motifs is 1. The molecule has 2 aromatic carbocycles. The molecule has 1 heterocycles. The molecule has 27 heavy (non-hydrogen) atoms. The quantitative estimate of drug-likeness (QED) is 0.531. The van der Waals surface area contributed by atoms with Gasteiger partial charge in [-0.05, 0) is 36.2 Å². The lowest BCUT2D eigenvalue weighted by atomic mass is 10.1. The summed E-state index contributed by atoms with van der Waals surface area (Å²) in [5, 5.41) is 1.14. The first-order valence-corrected chi connectivity index (χ1v) is 8.11. The summed E-state index contributed by atoms with van der Waals surface area (Å²) >= 11 is 0. The van der Waals surface area contributed by atoms with Gasteiger partial charge < -0.3 is 4.98 Å². The van der Waals surface area contributed by atoms with Gasteiger partial charge in [-0.15, -0.1) is 12.4 Å². The SMILES string of the molecule is CN(C/C=C/c1ccc(C(F)(F)F)cc1F)Cc1cccc2cc[nH]c12.Cl. The van der Waals surface area contributed by atoms with Gasteiger partial charge in [-0.3, -0.25) is 4.90 Å². The molecule has 0 amide bonds. The number of nitrogens with one attached hydrogen (secondary N) is 1. The van der Waals surface area contributed by atoms with Crippen LogP contribution in [0.25, 0.3) is 17.0 Å². The number of aromatic amines is 1. The van der Waals surface area contributed by atoms with Crippen LogP contribution in [0.15, 0.2) is 54.7 Å². The van der Waals surface area contributed by atoms with Gasteiger partial charge in [0, 0.05) is 30.4 Å². The number of aromatic nitrogens is 1. The average molecular weight is 399 g/mol. The third-order valence-electron chi connectivity index (χ3n) is 4.16. The van der Waals surface area contributed by atoms with Crippen LogP contribution in [0.3, 0.4) is 0 Å². The van der Waals surface area contributed by atoms with Gasteiger partial charge in [0.2, 0.25) is 0 Å². The number of benzene rings is 2. The zero-order valence-corrected chi connectivity index (χ0v) is 15.4. The maximum atomic E-state index is 13.8. The lowest BCUT2D eigenvalue weighted by Crippen LogP contribution is -2.17. The van der Waals surface area contributed by atoms with Gasteiger partial charge in [-0.1, -0.05) is 36.4 Å². The Bertz CT molecular complexity index is 931. The van der Waals surface area contributed by atoms with E-state index < -0.39 is 17.6 Å². The Morgan fingerprint density at radius 2 is 1.89 bits per heavy atom. The molecule has 3 rings (SSSR count). The molecular formula is C20H19ClF4N2. The lowest BCUT2D eigenvalue weighted by Gasteiger charge is -2.15. The number of alkyl halides is 3. The van der Waals surface area contributed by atoms with E-state index in [1.54, 1.807) is 6.08 Å². The first-order valence-electron chi connectivity index (χ1n) is 8.11. The molecule has 0 aliphatic heterocycles. The van der Waals surface area contributed by atoms with E-state index in [4.69, 9.17) is 0 Å². The van der Waals surface area contributed by atoms with Crippen molar-refractivity contribution < 1.29 is 17.6 Å². The molecule has 2 nitrogen and oxygen atoms in total. The molecule has 0 fully saturated rings. The van der Waals surface area contributed by atoms with E-state index in [0.717, 1.165) is 28.6 Å². The van der Waals surface area contributed by atoms with E-state index in [1.807, 2.05) is 42.4 Å². The summed E-state index contributed by atoms with van der Waals surface area (Å²) in [6.45, 7) is 1.23. The van der Waals surface area contributed by atoms with Gasteiger partial charge >= 0.3 is 6.18 Å². The zero-order valence-electron chi connectivity index (χ0n) is 14.6. The molecule has 144 valence electrons. The maximum Gasteiger partial charge on any atom is 0.416 e. The van der Waals surface area contributed by atoms with E-state index >= 15 is 0 Å². The molecule has 0 aliphatic rings. The second-order valence-corrected chi connectivity index (χ2v) is 6.19. The van der Waals surface area contributed by atoms with E-state index in [9.17, 15) is 17.6 Å². The number of likely N-dealkylation sites (N-methyl/N-ethyl adjacent to an activating group) is 1. The summed E-state index contributed by atoms with van der Waals surface area (Å²) in [7, 11) is 1.93. The molecule has 0 radical (unpaired) electrons. The highest BCUT2D eigenvalue weighted by Crippen LogP contribution is 2.30. The van der Waals surface area contributed by atoms with Crippen molar-refractivity contribution in [3.8, 4) is 0 Å². The molecule has 0 saturated carbocycles.